The molecule has 1 aliphatic carbocycles. The van der Waals surface area contributed by atoms with E-state index in [1.165, 1.54) is 4.90 Å². The Morgan fingerprint density at radius 2 is 1.40 bits per heavy atom. The number of carbonyl (C=O) groups excluding carboxylic acids is 2. The zero-order chi connectivity index (χ0) is 21.0. The molecule has 5 rings (SSSR count). The number of anilines is 1. The van der Waals surface area contributed by atoms with Gasteiger partial charge in [-0.05, 0) is 53.6 Å². The molecular formula is C23H13Cl2N3O2. The molecule has 5 nitrogen and oxygen atoms in total. The van der Waals surface area contributed by atoms with E-state index in [0.29, 0.717) is 21.3 Å². The zero-order valence-corrected chi connectivity index (χ0v) is 16.9. The first kappa shape index (κ1) is 18.8. The highest BCUT2D eigenvalue weighted by atomic mass is 35.5. The average Bonchev–Trinajstić information content (AvgIpc) is 3.37. The van der Waals surface area contributed by atoms with E-state index >= 15 is 0 Å². The van der Waals surface area contributed by atoms with Crippen molar-refractivity contribution in [1.29, 1.82) is 5.26 Å². The van der Waals surface area contributed by atoms with Crippen LogP contribution in [0.1, 0.15) is 16.7 Å². The van der Waals surface area contributed by atoms with Gasteiger partial charge in [0, 0.05) is 27.9 Å². The van der Waals surface area contributed by atoms with Crippen molar-refractivity contribution < 1.29 is 9.59 Å². The van der Waals surface area contributed by atoms with Gasteiger partial charge in [0.15, 0.2) is 0 Å². The normalized spacial score (nSPS) is 24.5. The number of rotatable bonds is 3. The van der Waals surface area contributed by atoms with Crippen molar-refractivity contribution in [2.45, 2.75) is 5.41 Å². The monoisotopic (exact) mass is 433 g/mol. The molecule has 146 valence electrons. The highest BCUT2D eigenvalue weighted by Crippen LogP contribution is 2.68. The Morgan fingerprint density at radius 1 is 0.867 bits per heavy atom. The molecule has 3 aromatic rings. The van der Waals surface area contributed by atoms with Crippen molar-refractivity contribution in [2.24, 2.45) is 11.8 Å². The summed E-state index contributed by atoms with van der Waals surface area (Å²) in [5.74, 6) is -1.66. The van der Waals surface area contributed by atoms with Gasteiger partial charge >= 0.3 is 0 Å². The summed E-state index contributed by atoms with van der Waals surface area (Å²) < 4.78 is 0. The molecule has 0 radical (unpaired) electrons. The minimum Gasteiger partial charge on any atom is -0.274 e. The number of hydrogen-bond acceptors (Lipinski definition) is 4. The second-order valence-corrected chi connectivity index (χ2v) is 8.26. The van der Waals surface area contributed by atoms with Crippen LogP contribution in [0.2, 0.25) is 10.0 Å². The summed E-state index contributed by atoms with van der Waals surface area (Å²) in [4.78, 5) is 32.1. The number of imide groups is 1. The molecule has 0 N–H and O–H groups in total. The Bertz CT molecular complexity index is 1190. The maximum Gasteiger partial charge on any atom is 0.239 e. The maximum atomic E-state index is 13.4. The van der Waals surface area contributed by atoms with E-state index in [1.807, 2.05) is 24.3 Å². The van der Waals surface area contributed by atoms with E-state index < -0.39 is 17.3 Å². The van der Waals surface area contributed by atoms with Gasteiger partial charge in [-0.25, -0.2) is 4.90 Å². The average molecular weight is 434 g/mol. The number of piperidine rings is 1. The van der Waals surface area contributed by atoms with Crippen LogP contribution < -0.4 is 4.90 Å². The molecule has 1 saturated carbocycles. The molecule has 1 aliphatic heterocycles. The van der Waals surface area contributed by atoms with E-state index in [0.717, 1.165) is 11.1 Å². The summed E-state index contributed by atoms with van der Waals surface area (Å²) in [7, 11) is 0. The first-order valence-corrected chi connectivity index (χ1v) is 9.99. The highest BCUT2D eigenvalue weighted by Gasteiger charge is 2.78. The van der Waals surface area contributed by atoms with Gasteiger partial charge in [-0.2, -0.15) is 5.26 Å². The van der Waals surface area contributed by atoms with Gasteiger partial charge in [0.1, 0.15) is 0 Å². The number of hydrogen-bond donors (Lipinski definition) is 0. The van der Waals surface area contributed by atoms with E-state index in [9.17, 15) is 9.59 Å². The molecule has 1 saturated heterocycles. The van der Waals surface area contributed by atoms with E-state index in [4.69, 9.17) is 28.5 Å². The molecule has 2 amide bonds. The lowest BCUT2D eigenvalue weighted by atomic mass is 9.83. The molecule has 0 spiro atoms. The minimum atomic E-state index is -0.774. The number of benzene rings is 2. The summed E-state index contributed by atoms with van der Waals surface area (Å²) in [6.45, 7) is 0. The van der Waals surface area contributed by atoms with Gasteiger partial charge in [0.05, 0.1) is 29.2 Å². The Morgan fingerprint density at radius 3 is 1.93 bits per heavy atom. The predicted octanol–water partition coefficient (Wildman–Crippen LogP) is 4.37. The van der Waals surface area contributed by atoms with Crippen LogP contribution in [0.25, 0.3) is 0 Å². The minimum absolute atomic E-state index is 0.287. The number of halogens is 2. The van der Waals surface area contributed by atoms with E-state index in [-0.39, 0.29) is 11.8 Å². The lowest BCUT2D eigenvalue weighted by Gasteiger charge is -2.26. The van der Waals surface area contributed by atoms with Crippen LogP contribution in [0.5, 0.6) is 0 Å². The third-order valence-electron chi connectivity index (χ3n) is 5.93. The van der Waals surface area contributed by atoms with Crippen molar-refractivity contribution in [3.05, 3.63) is 93.7 Å². The molecule has 30 heavy (non-hydrogen) atoms. The van der Waals surface area contributed by atoms with Crippen LogP contribution in [-0.4, -0.2) is 16.8 Å². The van der Waals surface area contributed by atoms with Gasteiger partial charge in [-0.3, -0.25) is 14.6 Å². The molecule has 0 bridgehead atoms. The van der Waals surface area contributed by atoms with Crippen molar-refractivity contribution in [2.75, 3.05) is 4.90 Å². The van der Waals surface area contributed by atoms with Gasteiger partial charge in [-0.1, -0.05) is 35.3 Å². The van der Waals surface area contributed by atoms with Crippen LogP contribution in [0, 0.1) is 23.2 Å². The van der Waals surface area contributed by atoms with Gasteiger partial charge < -0.3 is 0 Å². The standard InChI is InChI=1S/C23H13Cl2N3O2/c24-16-9-17(25)11-18(10-16)28-21(29)19-20(22(28)30)23(19,15-5-7-27-8-6-15)14-3-1-13(12-26)2-4-14/h1-11,19-20H. The first-order valence-electron chi connectivity index (χ1n) is 9.23. The number of amides is 2. The third kappa shape index (κ3) is 2.51. The largest absolute Gasteiger partial charge is 0.274 e. The molecule has 2 aliphatic rings. The Balaban J connectivity index is 1.62. The molecule has 2 heterocycles. The van der Waals surface area contributed by atoms with Crippen LogP contribution >= 0.6 is 23.2 Å². The number of nitriles is 1. The quantitative estimate of drug-likeness (QED) is 0.574. The van der Waals surface area contributed by atoms with E-state index in [2.05, 4.69) is 11.1 Å². The fourth-order valence-corrected chi connectivity index (χ4v) is 5.22. The van der Waals surface area contributed by atoms with Crippen molar-refractivity contribution >= 4 is 40.7 Å². The number of pyridine rings is 1. The summed E-state index contributed by atoms with van der Waals surface area (Å²) in [6, 6.07) is 17.5. The second-order valence-electron chi connectivity index (χ2n) is 7.39. The Labute approximate surface area is 182 Å². The Hall–Kier alpha value is -3.20. The van der Waals surface area contributed by atoms with Crippen LogP contribution in [0.4, 0.5) is 5.69 Å². The molecule has 2 fully saturated rings. The fourth-order valence-electron chi connectivity index (χ4n) is 4.71. The van der Waals surface area contributed by atoms with Gasteiger partial charge in [0.25, 0.3) is 0 Å². The van der Waals surface area contributed by atoms with Crippen molar-refractivity contribution in [3.8, 4) is 6.07 Å². The SMILES string of the molecule is N#Cc1ccc(C2(c3ccncc3)C3C(=O)N(c4cc(Cl)cc(Cl)c4)C(=O)C32)cc1. The zero-order valence-electron chi connectivity index (χ0n) is 15.4. The number of fused-ring (bicyclic) bond motifs is 1. The van der Waals surface area contributed by atoms with Crippen LogP contribution in [0.3, 0.4) is 0 Å². The predicted molar refractivity (Wildman–Crippen MR) is 112 cm³/mol. The van der Waals surface area contributed by atoms with Crippen molar-refractivity contribution in [3.63, 3.8) is 0 Å². The Kier molecular flexibility index (Phi) is 4.18. The van der Waals surface area contributed by atoms with Gasteiger partial charge in [-0.15, -0.1) is 0 Å². The smallest absolute Gasteiger partial charge is 0.239 e. The fraction of sp³-hybridized carbons (Fsp3) is 0.130. The first-order chi connectivity index (χ1) is 14.5. The van der Waals surface area contributed by atoms with Crippen LogP contribution in [-0.2, 0) is 15.0 Å². The summed E-state index contributed by atoms with van der Waals surface area (Å²) in [5, 5.41) is 9.83. The topological polar surface area (TPSA) is 74.1 Å². The molecule has 2 unspecified atom stereocenters. The molecule has 7 heteroatoms. The van der Waals surface area contributed by atoms with E-state index in [1.54, 1.807) is 42.7 Å². The lowest BCUT2D eigenvalue weighted by Crippen LogP contribution is -2.39. The van der Waals surface area contributed by atoms with Crippen LogP contribution in [0.15, 0.2) is 67.0 Å². The number of carbonyl (C=O) groups is 2. The van der Waals surface area contributed by atoms with Crippen molar-refractivity contribution in [1.82, 2.24) is 4.98 Å². The molecule has 2 aromatic carbocycles. The number of nitrogens with zero attached hydrogens (tertiary/aromatic N) is 3. The lowest BCUT2D eigenvalue weighted by molar-refractivity contribution is -0.124. The molecule has 2 atom stereocenters. The summed E-state index contributed by atoms with van der Waals surface area (Å²) >= 11 is 12.2. The number of aromatic nitrogens is 1. The maximum absolute atomic E-state index is 13.4. The highest BCUT2D eigenvalue weighted by molar-refractivity contribution is 6.36. The summed E-state index contributed by atoms with van der Waals surface area (Å²) in [6.07, 6.45) is 3.30. The molecule has 1 aromatic heterocycles. The molecular weight excluding hydrogens is 421 g/mol. The summed E-state index contributed by atoms with van der Waals surface area (Å²) in [5.41, 5.74) is 1.79. The second kappa shape index (κ2) is 6.66. The third-order valence-corrected chi connectivity index (χ3v) is 6.37. The van der Waals surface area contributed by atoms with Gasteiger partial charge in [0.2, 0.25) is 11.8 Å².